The molecule has 1 unspecified atom stereocenters. The van der Waals surface area contributed by atoms with Crippen molar-refractivity contribution in [1.82, 2.24) is 4.90 Å². The van der Waals surface area contributed by atoms with Crippen LogP contribution in [0.2, 0.25) is 0 Å². The quantitative estimate of drug-likeness (QED) is 0.907. The van der Waals surface area contributed by atoms with Crippen molar-refractivity contribution in [3.63, 3.8) is 0 Å². The Morgan fingerprint density at radius 2 is 2.11 bits per heavy atom. The van der Waals surface area contributed by atoms with Gasteiger partial charge in [0, 0.05) is 12.1 Å². The first-order valence-corrected chi connectivity index (χ1v) is 7.06. The van der Waals surface area contributed by atoms with Crippen LogP contribution in [0.25, 0.3) is 0 Å². The van der Waals surface area contributed by atoms with Crippen LogP contribution in [0.5, 0.6) is 5.75 Å². The fourth-order valence-corrected chi connectivity index (χ4v) is 3.26. The van der Waals surface area contributed by atoms with E-state index in [2.05, 4.69) is 13.5 Å². The molecule has 0 aromatic heterocycles. The molecule has 2 rings (SSSR count). The Morgan fingerprint density at radius 1 is 1.44 bits per heavy atom. The van der Waals surface area contributed by atoms with Gasteiger partial charge in [-0.2, -0.15) is 0 Å². The molecule has 1 aromatic carbocycles. The summed E-state index contributed by atoms with van der Waals surface area (Å²) in [4.78, 5) is 1.99. The maximum absolute atomic E-state index is 10.9. The summed E-state index contributed by atoms with van der Waals surface area (Å²) >= 11 is 1.61. The number of nitrogens with zero attached hydrogens (tertiary/aromatic N) is 1. The van der Waals surface area contributed by atoms with Crippen molar-refractivity contribution in [2.24, 2.45) is 0 Å². The number of hydrogen-bond acceptors (Lipinski definition) is 4. The number of thioether (sulfide) groups is 1. The summed E-state index contributed by atoms with van der Waals surface area (Å²) in [5.74, 6) is 1.42. The van der Waals surface area contributed by atoms with Crippen LogP contribution >= 0.6 is 11.8 Å². The van der Waals surface area contributed by atoms with Crippen LogP contribution in [0, 0.1) is 0 Å². The molecule has 0 amide bonds. The zero-order chi connectivity index (χ0) is 13.2. The number of ether oxygens (including phenoxy) is 1. The summed E-state index contributed by atoms with van der Waals surface area (Å²) < 4.78 is 5.14. The van der Waals surface area contributed by atoms with Crippen LogP contribution in [0.3, 0.4) is 0 Å². The average Bonchev–Trinajstić information content (AvgIpc) is 2.69. The fourth-order valence-electron chi connectivity index (χ4n) is 2.18. The number of benzene rings is 1. The maximum atomic E-state index is 10.9. The second-order valence-electron chi connectivity index (χ2n) is 4.38. The Labute approximate surface area is 112 Å². The van der Waals surface area contributed by atoms with Crippen LogP contribution in [-0.4, -0.2) is 29.4 Å². The molecule has 3 nitrogen and oxygen atoms in total. The van der Waals surface area contributed by atoms with E-state index in [0.29, 0.717) is 5.75 Å². The van der Waals surface area contributed by atoms with Gasteiger partial charge in [0.05, 0.1) is 17.9 Å². The lowest BCUT2D eigenvalue weighted by atomic mass is 10.0. The fraction of sp³-hybridized carbons (Fsp3) is 0.429. The maximum Gasteiger partial charge on any atom is 0.174 e. The SMILES string of the molecule is C=C1SCC(O)(c2ccc(OC)cc2)N1CCC. The summed E-state index contributed by atoms with van der Waals surface area (Å²) in [5, 5.41) is 11.8. The van der Waals surface area contributed by atoms with E-state index in [9.17, 15) is 5.11 Å². The Hall–Kier alpha value is -1.13. The minimum Gasteiger partial charge on any atom is -0.497 e. The van der Waals surface area contributed by atoms with Crippen LogP contribution in [0.4, 0.5) is 0 Å². The molecule has 1 heterocycles. The Kier molecular flexibility index (Phi) is 3.88. The molecule has 0 spiro atoms. The lowest BCUT2D eigenvalue weighted by molar-refractivity contribution is -0.0633. The van der Waals surface area contributed by atoms with Crippen molar-refractivity contribution >= 4 is 11.8 Å². The summed E-state index contributed by atoms with van der Waals surface area (Å²) in [6, 6.07) is 7.59. The smallest absolute Gasteiger partial charge is 0.174 e. The largest absolute Gasteiger partial charge is 0.497 e. The molecule has 1 aliphatic rings. The molecule has 98 valence electrons. The highest BCUT2D eigenvalue weighted by atomic mass is 32.2. The van der Waals surface area contributed by atoms with E-state index in [1.807, 2.05) is 29.2 Å². The molecule has 0 radical (unpaired) electrons. The molecule has 0 bridgehead atoms. The predicted octanol–water partition coefficient (Wildman–Crippen LogP) is 2.77. The van der Waals surface area contributed by atoms with E-state index in [4.69, 9.17) is 4.74 Å². The molecule has 1 N–H and O–H groups in total. The number of hydrogen-bond donors (Lipinski definition) is 1. The molecule has 1 aliphatic heterocycles. The van der Waals surface area contributed by atoms with Gasteiger partial charge >= 0.3 is 0 Å². The van der Waals surface area contributed by atoms with Gasteiger partial charge in [-0.3, -0.25) is 0 Å². The van der Waals surface area contributed by atoms with E-state index >= 15 is 0 Å². The second-order valence-corrected chi connectivity index (χ2v) is 5.43. The molecule has 0 saturated carbocycles. The van der Waals surface area contributed by atoms with E-state index < -0.39 is 5.72 Å². The monoisotopic (exact) mass is 265 g/mol. The highest BCUT2D eigenvalue weighted by Crippen LogP contribution is 2.43. The van der Waals surface area contributed by atoms with Gasteiger partial charge in [0.25, 0.3) is 0 Å². The average molecular weight is 265 g/mol. The lowest BCUT2D eigenvalue weighted by Crippen LogP contribution is -2.42. The minimum absolute atomic E-state index is 0.623. The molecule has 0 aliphatic carbocycles. The first-order chi connectivity index (χ1) is 8.61. The van der Waals surface area contributed by atoms with Crippen molar-refractivity contribution in [3.05, 3.63) is 41.4 Å². The van der Waals surface area contributed by atoms with Crippen LogP contribution in [0.1, 0.15) is 18.9 Å². The topological polar surface area (TPSA) is 32.7 Å². The van der Waals surface area contributed by atoms with Crippen molar-refractivity contribution in [2.45, 2.75) is 19.1 Å². The lowest BCUT2D eigenvalue weighted by Gasteiger charge is -2.35. The van der Waals surface area contributed by atoms with Gasteiger partial charge in [-0.05, 0) is 18.6 Å². The molecule has 18 heavy (non-hydrogen) atoms. The minimum atomic E-state index is -0.940. The highest BCUT2D eigenvalue weighted by Gasteiger charge is 2.42. The Morgan fingerprint density at radius 3 is 2.67 bits per heavy atom. The Bertz CT molecular complexity index is 432. The van der Waals surface area contributed by atoms with Crippen molar-refractivity contribution in [3.8, 4) is 5.75 Å². The zero-order valence-corrected chi connectivity index (χ0v) is 11.7. The van der Waals surface area contributed by atoms with Gasteiger partial charge < -0.3 is 14.7 Å². The standard InChI is InChI=1S/C14H19NO2S/c1-4-9-15-11(2)18-10-14(15,16)12-5-7-13(17-3)8-6-12/h5-8,16H,2,4,9-10H2,1,3H3. The van der Waals surface area contributed by atoms with E-state index in [0.717, 1.165) is 29.3 Å². The number of methoxy groups -OCH3 is 1. The third-order valence-electron chi connectivity index (χ3n) is 3.19. The molecule has 1 fully saturated rings. The van der Waals surface area contributed by atoms with Gasteiger partial charge in [-0.15, -0.1) is 11.8 Å². The number of aliphatic hydroxyl groups is 1. The van der Waals surface area contributed by atoms with Gasteiger partial charge in [-0.25, -0.2) is 0 Å². The summed E-state index contributed by atoms with van der Waals surface area (Å²) in [7, 11) is 1.64. The van der Waals surface area contributed by atoms with Gasteiger partial charge in [0.2, 0.25) is 0 Å². The van der Waals surface area contributed by atoms with Crippen molar-refractivity contribution < 1.29 is 9.84 Å². The van der Waals surface area contributed by atoms with Gasteiger partial charge in [-0.1, -0.05) is 25.6 Å². The zero-order valence-electron chi connectivity index (χ0n) is 10.8. The van der Waals surface area contributed by atoms with E-state index in [-0.39, 0.29) is 0 Å². The second kappa shape index (κ2) is 5.24. The molecule has 1 aromatic rings. The van der Waals surface area contributed by atoms with E-state index in [1.54, 1.807) is 18.9 Å². The van der Waals surface area contributed by atoms with Gasteiger partial charge in [0.1, 0.15) is 5.75 Å². The molecule has 1 atom stereocenters. The first kappa shape index (κ1) is 13.3. The molecule has 4 heteroatoms. The third-order valence-corrected chi connectivity index (χ3v) is 4.29. The third kappa shape index (κ3) is 2.22. The summed E-state index contributed by atoms with van der Waals surface area (Å²) in [5.41, 5.74) is -0.0489. The van der Waals surface area contributed by atoms with Crippen molar-refractivity contribution in [1.29, 1.82) is 0 Å². The van der Waals surface area contributed by atoms with Crippen molar-refractivity contribution in [2.75, 3.05) is 19.4 Å². The first-order valence-electron chi connectivity index (χ1n) is 6.08. The van der Waals surface area contributed by atoms with Crippen LogP contribution in [-0.2, 0) is 5.72 Å². The predicted molar refractivity (Wildman–Crippen MR) is 75.5 cm³/mol. The van der Waals surface area contributed by atoms with E-state index in [1.165, 1.54) is 0 Å². The summed E-state index contributed by atoms with van der Waals surface area (Å²) in [6.07, 6.45) is 0.984. The molecule has 1 saturated heterocycles. The molecular formula is C14H19NO2S. The van der Waals surface area contributed by atoms with Gasteiger partial charge in [0.15, 0.2) is 5.72 Å². The van der Waals surface area contributed by atoms with Crippen LogP contribution in [0.15, 0.2) is 35.9 Å². The van der Waals surface area contributed by atoms with Crippen LogP contribution < -0.4 is 4.74 Å². The molecular weight excluding hydrogens is 246 g/mol. The highest BCUT2D eigenvalue weighted by molar-refractivity contribution is 8.03. The summed E-state index contributed by atoms with van der Waals surface area (Å²) in [6.45, 7) is 6.93. The Balaban J connectivity index is 2.30. The normalized spacial score (nSPS) is 23.5. The number of rotatable bonds is 4.